The lowest BCUT2D eigenvalue weighted by molar-refractivity contribution is 0.0950. The zero-order valence-corrected chi connectivity index (χ0v) is 15.1. The summed E-state index contributed by atoms with van der Waals surface area (Å²) in [6, 6.07) is 9.97. The molecule has 0 atom stereocenters. The van der Waals surface area contributed by atoms with Crippen LogP contribution in [0.2, 0.25) is 0 Å². The van der Waals surface area contributed by atoms with Crippen LogP contribution in [0.15, 0.2) is 36.4 Å². The number of halogens is 1. The van der Waals surface area contributed by atoms with Gasteiger partial charge in [0, 0.05) is 12.1 Å². The highest BCUT2D eigenvalue weighted by molar-refractivity contribution is 5.94. The first-order valence-corrected chi connectivity index (χ1v) is 8.24. The lowest BCUT2D eigenvalue weighted by Gasteiger charge is -2.13. The van der Waals surface area contributed by atoms with E-state index >= 15 is 0 Å². The summed E-state index contributed by atoms with van der Waals surface area (Å²) in [6.07, 6.45) is 0. The second-order valence-corrected chi connectivity index (χ2v) is 6.34. The van der Waals surface area contributed by atoms with Gasteiger partial charge in [-0.25, -0.2) is 4.39 Å². The van der Waals surface area contributed by atoms with Crippen LogP contribution in [-0.4, -0.2) is 19.6 Å². The predicted octanol–water partition coefficient (Wildman–Crippen LogP) is 4.11. The van der Waals surface area contributed by atoms with Crippen LogP contribution in [0.4, 0.5) is 4.39 Å². The molecule has 134 valence electrons. The van der Waals surface area contributed by atoms with Crippen LogP contribution in [0, 0.1) is 18.7 Å². The molecule has 0 spiro atoms. The van der Waals surface area contributed by atoms with Gasteiger partial charge in [-0.3, -0.25) is 4.79 Å². The average Bonchev–Trinajstić information content (AvgIpc) is 2.60. The molecule has 0 aliphatic heterocycles. The number of aryl methyl sites for hydroxylation is 1. The van der Waals surface area contributed by atoms with Gasteiger partial charge in [0.05, 0.1) is 13.7 Å². The van der Waals surface area contributed by atoms with Crippen LogP contribution in [-0.2, 0) is 6.54 Å². The molecule has 1 amide bonds. The molecule has 0 radical (unpaired) electrons. The Labute approximate surface area is 148 Å². The van der Waals surface area contributed by atoms with Crippen LogP contribution < -0.4 is 14.8 Å². The molecule has 1 N–H and O–H groups in total. The first-order chi connectivity index (χ1) is 11.9. The molecule has 0 unspecified atom stereocenters. The van der Waals surface area contributed by atoms with Crippen molar-refractivity contribution in [2.45, 2.75) is 27.3 Å². The smallest absolute Gasteiger partial charge is 0.251 e. The van der Waals surface area contributed by atoms with Crippen molar-refractivity contribution in [2.75, 3.05) is 13.7 Å². The lowest BCUT2D eigenvalue weighted by Crippen LogP contribution is -2.23. The Kier molecular flexibility index (Phi) is 6.39. The first kappa shape index (κ1) is 18.8. The fourth-order valence-electron chi connectivity index (χ4n) is 2.22. The Balaban J connectivity index is 2.04. The number of ether oxygens (including phenoxy) is 2. The molecule has 4 nitrogen and oxygen atoms in total. The molecule has 0 aliphatic rings. The van der Waals surface area contributed by atoms with Crippen LogP contribution >= 0.6 is 0 Å². The zero-order valence-electron chi connectivity index (χ0n) is 15.1. The normalized spacial score (nSPS) is 10.6. The van der Waals surface area contributed by atoms with Gasteiger partial charge in [0.2, 0.25) is 0 Å². The minimum absolute atomic E-state index is 0.254. The summed E-state index contributed by atoms with van der Waals surface area (Å²) in [7, 11) is 1.54. The molecule has 0 bridgehead atoms. The SMILES string of the molecule is COc1cc(C(=O)NCc2ccc(C)c(F)c2)ccc1OCC(C)C. The largest absolute Gasteiger partial charge is 0.493 e. The van der Waals surface area contributed by atoms with E-state index in [9.17, 15) is 9.18 Å². The average molecular weight is 345 g/mol. The molecule has 0 heterocycles. The van der Waals surface area contributed by atoms with E-state index in [1.807, 2.05) is 0 Å². The van der Waals surface area contributed by atoms with E-state index in [2.05, 4.69) is 19.2 Å². The van der Waals surface area contributed by atoms with Gasteiger partial charge in [-0.1, -0.05) is 26.0 Å². The molecule has 0 aliphatic carbocycles. The summed E-state index contributed by atoms with van der Waals surface area (Å²) in [6.45, 7) is 6.64. The number of nitrogens with one attached hydrogen (secondary N) is 1. The fourth-order valence-corrected chi connectivity index (χ4v) is 2.22. The van der Waals surface area contributed by atoms with E-state index < -0.39 is 0 Å². The molecule has 0 aromatic heterocycles. The number of carbonyl (C=O) groups is 1. The van der Waals surface area contributed by atoms with Gasteiger partial charge in [0.1, 0.15) is 5.82 Å². The molecular weight excluding hydrogens is 321 g/mol. The number of rotatable bonds is 7. The quantitative estimate of drug-likeness (QED) is 0.821. The van der Waals surface area contributed by atoms with Crippen molar-refractivity contribution in [3.63, 3.8) is 0 Å². The Hall–Kier alpha value is -2.56. The van der Waals surface area contributed by atoms with Gasteiger partial charge in [-0.15, -0.1) is 0 Å². The number of carbonyl (C=O) groups excluding carboxylic acids is 1. The molecule has 5 heteroatoms. The lowest BCUT2D eigenvalue weighted by atomic mass is 10.1. The molecular formula is C20H24FNO3. The maximum Gasteiger partial charge on any atom is 0.251 e. The summed E-state index contributed by atoms with van der Waals surface area (Å²) >= 11 is 0. The zero-order chi connectivity index (χ0) is 18.4. The second kappa shape index (κ2) is 8.51. The van der Waals surface area contributed by atoms with Crippen LogP contribution in [0.5, 0.6) is 11.5 Å². The Morgan fingerprint density at radius 1 is 1.16 bits per heavy atom. The predicted molar refractivity (Wildman–Crippen MR) is 95.6 cm³/mol. The van der Waals surface area contributed by atoms with Gasteiger partial charge < -0.3 is 14.8 Å². The summed E-state index contributed by atoms with van der Waals surface area (Å²) in [4.78, 5) is 12.3. The third kappa shape index (κ3) is 5.21. The number of benzene rings is 2. The summed E-state index contributed by atoms with van der Waals surface area (Å²) < 4.78 is 24.5. The topological polar surface area (TPSA) is 47.6 Å². The Morgan fingerprint density at radius 3 is 2.56 bits per heavy atom. The summed E-state index contributed by atoms with van der Waals surface area (Å²) in [5.41, 5.74) is 1.75. The summed E-state index contributed by atoms with van der Waals surface area (Å²) in [5, 5.41) is 2.78. The number of methoxy groups -OCH3 is 1. The van der Waals surface area contributed by atoms with Crippen molar-refractivity contribution in [1.29, 1.82) is 0 Å². The Bertz CT molecular complexity index is 744. The van der Waals surface area contributed by atoms with E-state index in [1.165, 1.54) is 13.2 Å². The van der Waals surface area contributed by atoms with Gasteiger partial charge in [0.15, 0.2) is 11.5 Å². The molecule has 2 rings (SSSR count). The number of amides is 1. The summed E-state index contributed by atoms with van der Waals surface area (Å²) in [5.74, 6) is 0.973. The molecule has 0 saturated carbocycles. The Morgan fingerprint density at radius 2 is 1.92 bits per heavy atom. The van der Waals surface area contributed by atoms with E-state index in [1.54, 1.807) is 37.3 Å². The van der Waals surface area contributed by atoms with Crippen molar-refractivity contribution in [3.8, 4) is 11.5 Å². The van der Waals surface area contributed by atoms with Crippen molar-refractivity contribution in [1.82, 2.24) is 5.32 Å². The van der Waals surface area contributed by atoms with Crippen LogP contribution in [0.1, 0.15) is 35.3 Å². The van der Waals surface area contributed by atoms with Gasteiger partial charge in [0.25, 0.3) is 5.91 Å². The minimum Gasteiger partial charge on any atom is -0.493 e. The second-order valence-electron chi connectivity index (χ2n) is 6.34. The van der Waals surface area contributed by atoms with E-state index in [-0.39, 0.29) is 18.3 Å². The third-order valence-electron chi connectivity index (χ3n) is 3.69. The highest BCUT2D eigenvalue weighted by Gasteiger charge is 2.12. The molecule has 2 aromatic rings. The van der Waals surface area contributed by atoms with E-state index in [4.69, 9.17) is 9.47 Å². The van der Waals surface area contributed by atoms with Gasteiger partial charge >= 0.3 is 0 Å². The maximum absolute atomic E-state index is 13.6. The van der Waals surface area contributed by atoms with E-state index in [0.29, 0.717) is 40.7 Å². The maximum atomic E-state index is 13.6. The van der Waals surface area contributed by atoms with Crippen molar-refractivity contribution >= 4 is 5.91 Å². The third-order valence-corrected chi connectivity index (χ3v) is 3.69. The molecule has 2 aromatic carbocycles. The van der Waals surface area contributed by atoms with Crippen LogP contribution in [0.3, 0.4) is 0 Å². The molecule has 25 heavy (non-hydrogen) atoms. The molecule has 0 saturated heterocycles. The number of hydrogen-bond acceptors (Lipinski definition) is 3. The van der Waals surface area contributed by atoms with Gasteiger partial charge in [-0.05, 0) is 48.2 Å². The fraction of sp³-hybridized carbons (Fsp3) is 0.350. The van der Waals surface area contributed by atoms with Gasteiger partial charge in [-0.2, -0.15) is 0 Å². The number of hydrogen-bond donors (Lipinski definition) is 1. The van der Waals surface area contributed by atoms with Crippen molar-refractivity contribution < 1.29 is 18.7 Å². The van der Waals surface area contributed by atoms with Crippen molar-refractivity contribution in [2.24, 2.45) is 5.92 Å². The van der Waals surface area contributed by atoms with Crippen molar-refractivity contribution in [3.05, 3.63) is 58.9 Å². The van der Waals surface area contributed by atoms with Crippen LogP contribution in [0.25, 0.3) is 0 Å². The minimum atomic E-state index is -0.278. The molecule has 0 fully saturated rings. The monoisotopic (exact) mass is 345 g/mol. The first-order valence-electron chi connectivity index (χ1n) is 8.24. The highest BCUT2D eigenvalue weighted by atomic mass is 19.1. The highest BCUT2D eigenvalue weighted by Crippen LogP contribution is 2.28. The van der Waals surface area contributed by atoms with E-state index in [0.717, 1.165) is 0 Å². The standard InChI is InChI=1S/C20H24FNO3/c1-13(2)12-25-18-8-7-16(10-19(18)24-4)20(23)22-11-15-6-5-14(3)17(21)9-15/h5-10,13H,11-12H2,1-4H3,(H,22,23).